The lowest BCUT2D eigenvalue weighted by Gasteiger charge is -2.10. The van der Waals surface area contributed by atoms with E-state index in [2.05, 4.69) is 25.8 Å². The third kappa shape index (κ3) is 4.10. The summed E-state index contributed by atoms with van der Waals surface area (Å²) in [7, 11) is 1.86. The normalized spacial score (nSPS) is 11.0. The Hall–Kier alpha value is -4.93. The lowest BCUT2D eigenvalue weighted by molar-refractivity contribution is 0.0527. The monoisotopic (exact) mass is 470 g/mol. The number of esters is 1. The number of urea groups is 1. The highest BCUT2D eigenvalue weighted by Crippen LogP contribution is 2.33. The number of amides is 2. The minimum absolute atomic E-state index is 0.233. The molecule has 5 aromatic rings. The van der Waals surface area contributed by atoms with Gasteiger partial charge in [0.05, 0.1) is 23.9 Å². The van der Waals surface area contributed by atoms with Gasteiger partial charge in [-0.1, -0.05) is 12.1 Å². The predicted octanol–water partition coefficient (Wildman–Crippen LogP) is 3.69. The van der Waals surface area contributed by atoms with Crippen LogP contribution in [0.2, 0.25) is 0 Å². The Morgan fingerprint density at radius 2 is 1.80 bits per heavy atom. The van der Waals surface area contributed by atoms with Crippen LogP contribution >= 0.6 is 0 Å². The highest BCUT2D eigenvalue weighted by atomic mass is 16.5. The Morgan fingerprint density at radius 1 is 1.06 bits per heavy atom. The van der Waals surface area contributed by atoms with Gasteiger partial charge in [0, 0.05) is 35.6 Å². The van der Waals surface area contributed by atoms with Crippen LogP contribution < -0.4 is 16.4 Å². The van der Waals surface area contributed by atoms with E-state index in [1.165, 1.54) is 10.8 Å². The zero-order valence-corrected chi connectivity index (χ0v) is 19.0. The number of rotatable bonds is 5. The average molecular weight is 470 g/mol. The molecule has 0 fully saturated rings. The van der Waals surface area contributed by atoms with Crippen LogP contribution in [0.4, 0.5) is 22.0 Å². The standard InChI is InChI=1S/C24H22N8O3/c1-3-35-23(33)18-12-32-21(22(25)26-13-28-32)20(18)14-4-6-16(7-5-14)29-24(34)30-17-8-9-19-15(10-17)11-27-31(19)2/h4-13H,3H2,1-2H3,(H2,25,26,28)(H2,29,30,34). The summed E-state index contributed by atoms with van der Waals surface area (Å²) in [6.07, 6.45) is 4.63. The van der Waals surface area contributed by atoms with E-state index in [4.69, 9.17) is 10.5 Å². The molecule has 0 aliphatic heterocycles. The summed E-state index contributed by atoms with van der Waals surface area (Å²) in [5.41, 5.74) is 10.4. The molecule has 0 spiro atoms. The van der Waals surface area contributed by atoms with Crippen LogP contribution in [-0.4, -0.2) is 43.0 Å². The first-order valence-corrected chi connectivity index (χ1v) is 10.8. The van der Waals surface area contributed by atoms with Crippen LogP contribution in [0.25, 0.3) is 27.5 Å². The molecule has 2 amide bonds. The van der Waals surface area contributed by atoms with Gasteiger partial charge in [-0.15, -0.1) is 0 Å². The van der Waals surface area contributed by atoms with Gasteiger partial charge in [-0.25, -0.2) is 19.1 Å². The first-order valence-electron chi connectivity index (χ1n) is 10.8. The number of aryl methyl sites for hydroxylation is 1. The van der Waals surface area contributed by atoms with E-state index < -0.39 is 5.97 Å². The van der Waals surface area contributed by atoms with Gasteiger partial charge in [0.15, 0.2) is 5.82 Å². The lowest BCUT2D eigenvalue weighted by atomic mass is 10.0. The first-order chi connectivity index (χ1) is 16.9. The van der Waals surface area contributed by atoms with E-state index in [1.807, 2.05) is 25.2 Å². The van der Waals surface area contributed by atoms with Crippen molar-refractivity contribution in [1.82, 2.24) is 24.4 Å². The molecule has 2 aromatic carbocycles. The molecule has 3 heterocycles. The van der Waals surface area contributed by atoms with Crippen molar-refractivity contribution in [3.05, 3.63) is 66.7 Å². The molecule has 35 heavy (non-hydrogen) atoms. The molecule has 0 aliphatic rings. The van der Waals surface area contributed by atoms with Crippen LogP contribution in [0.3, 0.4) is 0 Å². The first kappa shape index (κ1) is 21.9. The van der Waals surface area contributed by atoms with Crippen LogP contribution in [0.5, 0.6) is 0 Å². The predicted molar refractivity (Wildman–Crippen MR) is 132 cm³/mol. The average Bonchev–Trinajstić information content (AvgIpc) is 3.41. The Labute approximate surface area is 199 Å². The summed E-state index contributed by atoms with van der Waals surface area (Å²) in [4.78, 5) is 29.2. The minimum atomic E-state index is -0.487. The van der Waals surface area contributed by atoms with Gasteiger partial charge in [-0.05, 0) is 42.8 Å². The van der Waals surface area contributed by atoms with Crippen molar-refractivity contribution >= 4 is 45.6 Å². The molecule has 0 atom stereocenters. The third-order valence-corrected chi connectivity index (χ3v) is 5.53. The number of hydrogen-bond donors (Lipinski definition) is 3. The van der Waals surface area contributed by atoms with Crippen LogP contribution in [0.1, 0.15) is 17.3 Å². The van der Waals surface area contributed by atoms with Gasteiger partial charge in [-0.2, -0.15) is 10.2 Å². The maximum Gasteiger partial charge on any atom is 0.340 e. The quantitative estimate of drug-likeness (QED) is 0.333. The summed E-state index contributed by atoms with van der Waals surface area (Å²) in [5, 5.41) is 14.9. The number of carbonyl (C=O) groups is 2. The van der Waals surface area contributed by atoms with Gasteiger partial charge in [-0.3, -0.25) is 4.68 Å². The molecule has 4 N–H and O–H groups in total. The number of anilines is 3. The van der Waals surface area contributed by atoms with E-state index in [0.717, 1.165) is 10.9 Å². The van der Waals surface area contributed by atoms with Crippen molar-refractivity contribution in [2.24, 2.45) is 7.05 Å². The largest absolute Gasteiger partial charge is 0.462 e. The van der Waals surface area contributed by atoms with Gasteiger partial charge in [0.1, 0.15) is 11.8 Å². The van der Waals surface area contributed by atoms with Crippen LogP contribution in [0.15, 0.2) is 61.2 Å². The Kier molecular flexibility index (Phi) is 5.49. The molecule has 3 aromatic heterocycles. The fourth-order valence-corrected chi connectivity index (χ4v) is 3.95. The number of nitrogen functional groups attached to an aromatic ring is 1. The summed E-state index contributed by atoms with van der Waals surface area (Å²) in [5.74, 6) is -0.253. The van der Waals surface area contributed by atoms with Crippen molar-refractivity contribution in [2.45, 2.75) is 6.92 Å². The second kappa shape index (κ2) is 8.78. The fraction of sp³-hybridized carbons (Fsp3) is 0.125. The van der Waals surface area contributed by atoms with Crippen molar-refractivity contribution < 1.29 is 14.3 Å². The summed E-state index contributed by atoms with van der Waals surface area (Å²) < 4.78 is 8.48. The second-order valence-corrected chi connectivity index (χ2v) is 7.77. The Morgan fingerprint density at radius 3 is 2.57 bits per heavy atom. The third-order valence-electron chi connectivity index (χ3n) is 5.53. The Bertz CT molecular complexity index is 1570. The molecule has 11 nitrogen and oxygen atoms in total. The topological polar surface area (TPSA) is 141 Å². The number of carbonyl (C=O) groups excluding carboxylic acids is 2. The molecule has 0 saturated heterocycles. The number of nitrogens with two attached hydrogens (primary N) is 1. The second-order valence-electron chi connectivity index (χ2n) is 7.77. The number of ether oxygens (including phenoxy) is 1. The molecular weight excluding hydrogens is 448 g/mol. The molecule has 176 valence electrons. The van der Waals surface area contributed by atoms with E-state index in [-0.39, 0.29) is 18.5 Å². The molecule has 11 heteroatoms. The fourth-order valence-electron chi connectivity index (χ4n) is 3.95. The van der Waals surface area contributed by atoms with Gasteiger partial charge in [0.25, 0.3) is 0 Å². The van der Waals surface area contributed by atoms with E-state index in [1.54, 1.807) is 48.3 Å². The number of nitrogens with zero attached hydrogens (tertiary/aromatic N) is 5. The zero-order chi connectivity index (χ0) is 24.5. The SMILES string of the molecule is CCOC(=O)c1cn2ncnc(N)c2c1-c1ccc(NC(=O)Nc2ccc3c(cnn3C)c2)cc1. The number of benzene rings is 2. The lowest BCUT2D eigenvalue weighted by Crippen LogP contribution is -2.19. The van der Waals surface area contributed by atoms with E-state index in [9.17, 15) is 9.59 Å². The molecule has 5 rings (SSSR count). The van der Waals surface area contributed by atoms with Crippen molar-refractivity contribution in [2.75, 3.05) is 23.0 Å². The molecule has 0 bridgehead atoms. The van der Waals surface area contributed by atoms with Crippen molar-refractivity contribution in [3.8, 4) is 11.1 Å². The maximum atomic E-state index is 12.6. The van der Waals surface area contributed by atoms with E-state index >= 15 is 0 Å². The van der Waals surface area contributed by atoms with Crippen LogP contribution in [0, 0.1) is 0 Å². The molecular formula is C24H22N8O3. The Balaban J connectivity index is 1.39. The number of hydrogen-bond acceptors (Lipinski definition) is 7. The van der Waals surface area contributed by atoms with E-state index in [0.29, 0.717) is 33.6 Å². The number of fused-ring (bicyclic) bond motifs is 2. The zero-order valence-electron chi connectivity index (χ0n) is 19.0. The molecule has 0 saturated carbocycles. The summed E-state index contributed by atoms with van der Waals surface area (Å²) >= 11 is 0. The maximum absolute atomic E-state index is 12.6. The minimum Gasteiger partial charge on any atom is -0.462 e. The summed E-state index contributed by atoms with van der Waals surface area (Å²) in [6, 6.07) is 12.2. The summed E-state index contributed by atoms with van der Waals surface area (Å²) in [6.45, 7) is 1.97. The number of aromatic nitrogens is 5. The van der Waals surface area contributed by atoms with Gasteiger partial charge >= 0.3 is 12.0 Å². The number of nitrogens with one attached hydrogen (secondary N) is 2. The van der Waals surface area contributed by atoms with Crippen LogP contribution in [-0.2, 0) is 11.8 Å². The van der Waals surface area contributed by atoms with Gasteiger partial charge < -0.3 is 21.1 Å². The van der Waals surface area contributed by atoms with Gasteiger partial charge in [0.2, 0.25) is 0 Å². The highest BCUT2D eigenvalue weighted by molar-refractivity contribution is 6.05. The van der Waals surface area contributed by atoms with Crippen molar-refractivity contribution in [1.29, 1.82) is 0 Å². The smallest absolute Gasteiger partial charge is 0.340 e. The molecule has 0 unspecified atom stereocenters. The molecule has 0 radical (unpaired) electrons. The van der Waals surface area contributed by atoms with Crippen molar-refractivity contribution in [3.63, 3.8) is 0 Å². The highest BCUT2D eigenvalue weighted by Gasteiger charge is 2.22. The molecule has 0 aliphatic carbocycles.